The van der Waals surface area contributed by atoms with Gasteiger partial charge in [0.2, 0.25) is 0 Å². The zero-order valence-electron chi connectivity index (χ0n) is 10.4. The van der Waals surface area contributed by atoms with Crippen LogP contribution in [0.2, 0.25) is 10.0 Å². The molecule has 0 aliphatic heterocycles. The third-order valence-corrected chi connectivity index (χ3v) is 5.45. The summed E-state index contributed by atoms with van der Waals surface area (Å²) in [6, 6.07) is 8.09. The van der Waals surface area contributed by atoms with Crippen LogP contribution in [0.5, 0.6) is 0 Å². The van der Waals surface area contributed by atoms with Gasteiger partial charge in [0, 0.05) is 0 Å². The van der Waals surface area contributed by atoms with E-state index in [0.29, 0.717) is 10.0 Å². The number of nitrogens with one attached hydrogen (secondary N) is 1. The summed E-state index contributed by atoms with van der Waals surface area (Å²) >= 11 is 16.6. The van der Waals surface area contributed by atoms with Gasteiger partial charge in [0.15, 0.2) is 0 Å². The van der Waals surface area contributed by atoms with Gasteiger partial charge in [-0.3, -0.25) is 0 Å². The molecule has 2 rings (SSSR count). The maximum absolute atomic E-state index is 6.35. The molecule has 0 saturated carbocycles. The minimum Gasteiger partial charge on any atom is -0.306 e. The molecule has 0 radical (unpaired) electrons. The zero-order chi connectivity index (χ0) is 13.8. The normalized spacial score (nSPS) is 12.6. The second-order valence-corrected chi connectivity index (χ2v) is 7.80. The van der Waals surface area contributed by atoms with Crippen LogP contribution in [-0.4, -0.2) is 6.54 Å². The first kappa shape index (κ1) is 15.6. The van der Waals surface area contributed by atoms with E-state index in [9.17, 15) is 0 Å². The Morgan fingerprint density at radius 1 is 1.37 bits per heavy atom. The fraction of sp³-hybridized carbons (Fsp3) is 0.286. The van der Waals surface area contributed by atoms with Crippen molar-refractivity contribution in [3.8, 4) is 0 Å². The summed E-state index contributed by atoms with van der Waals surface area (Å²) < 4.78 is 1.27. The summed E-state index contributed by atoms with van der Waals surface area (Å²) in [7, 11) is 0. The molecule has 1 nitrogen and oxygen atoms in total. The highest BCUT2D eigenvalue weighted by Crippen LogP contribution is 2.34. The molecule has 1 unspecified atom stereocenters. The number of thiophene rings is 1. The van der Waals surface area contributed by atoms with E-state index in [-0.39, 0.29) is 6.04 Å². The predicted octanol–water partition coefficient (Wildman–Crippen LogP) is 5.75. The first-order valence-electron chi connectivity index (χ1n) is 6.04. The van der Waals surface area contributed by atoms with Gasteiger partial charge in [-0.05, 0) is 64.2 Å². The Morgan fingerprint density at radius 3 is 2.79 bits per heavy atom. The molecule has 1 atom stereocenters. The van der Waals surface area contributed by atoms with E-state index < -0.39 is 0 Å². The monoisotopic (exact) mass is 425 g/mol. The zero-order valence-corrected chi connectivity index (χ0v) is 14.9. The molecular formula is C14H14Cl2INS. The van der Waals surface area contributed by atoms with Crippen LogP contribution in [0.25, 0.3) is 0 Å². The molecule has 0 aliphatic carbocycles. The molecule has 0 fully saturated rings. The summed E-state index contributed by atoms with van der Waals surface area (Å²) in [5.41, 5.74) is 2.28. The van der Waals surface area contributed by atoms with Crippen molar-refractivity contribution in [1.82, 2.24) is 5.32 Å². The van der Waals surface area contributed by atoms with Gasteiger partial charge in [0.25, 0.3) is 0 Å². The number of benzene rings is 1. The van der Waals surface area contributed by atoms with Crippen molar-refractivity contribution >= 4 is 57.1 Å². The van der Waals surface area contributed by atoms with Crippen molar-refractivity contribution < 1.29 is 0 Å². The van der Waals surface area contributed by atoms with Crippen LogP contribution >= 0.6 is 57.1 Å². The van der Waals surface area contributed by atoms with Crippen LogP contribution in [0, 0.1) is 2.88 Å². The Morgan fingerprint density at radius 2 is 2.16 bits per heavy atom. The van der Waals surface area contributed by atoms with Crippen LogP contribution in [0.4, 0.5) is 0 Å². The average Bonchev–Trinajstić information content (AvgIpc) is 2.81. The van der Waals surface area contributed by atoms with Crippen LogP contribution in [0.1, 0.15) is 30.5 Å². The molecule has 0 spiro atoms. The largest absolute Gasteiger partial charge is 0.306 e. The number of hydrogen-bond acceptors (Lipinski definition) is 2. The van der Waals surface area contributed by atoms with E-state index in [1.807, 2.05) is 18.2 Å². The van der Waals surface area contributed by atoms with Gasteiger partial charge in [-0.2, -0.15) is 0 Å². The van der Waals surface area contributed by atoms with Crippen molar-refractivity contribution in [1.29, 1.82) is 0 Å². The second-order valence-electron chi connectivity index (χ2n) is 4.21. The molecule has 19 heavy (non-hydrogen) atoms. The third-order valence-electron chi connectivity index (χ3n) is 2.81. The van der Waals surface area contributed by atoms with Crippen molar-refractivity contribution in [3.63, 3.8) is 0 Å². The highest BCUT2D eigenvalue weighted by Gasteiger charge is 2.18. The Kier molecular flexibility index (Phi) is 5.96. The lowest BCUT2D eigenvalue weighted by atomic mass is 10.0. The average molecular weight is 426 g/mol. The molecule has 1 heterocycles. The van der Waals surface area contributed by atoms with Crippen LogP contribution < -0.4 is 5.32 Å². The maximum Gasteiger partial charge on any atom is 0.0656 e. The van der Waals surface area contributed by atoms with Gasteiger partial charge in [-0.25, -0.2) is 0 Å². The van der Waals surface area contributed by atoms with Gasteiger partial charge in [-0.1, -0.05) is 42.3 Å². The lowest BCUT2D eigenvalue weighted by molar-refractivity contribution is 0.600. The lowest BCUT2D eigenvalue weighted by Crippen LogP contribution is -2.23. The second kappa shape index (κ2) is 7.27. The number of rotatable bonds is 5. The summed E-state index contributed by atoms with van der Waals surface area (Å²) in [5.74, 6) is 0. The molecule has 5 heteroatoms. The van der Waals surface area contributed by atoms with Crippen molar-refractivity contribution in [3.05, 3.63) is 53.7 Å². The van der Waals surface area contributed by atoms with Gasteiger partial charge < -0.3 is 5.32 Å². The van der Waals surface area contributed by atoms with Crippen LogP contribution in [0.3, 0.4) is 0 Å². The fourth-order valence-corrected chi connectivity index (χ4v) is 3.73. The fourth-order valence-electron chi connectivity index (χ4n) is 1.91. The molecule has 1 aromatic carbocycles. The molecule has 0 bridgehead atoms. The third kappa shape index (κ3) is 3.85. The first-order valence-corrected chi connectivity index (χ1v) is 8.76. The first-order chi connectivity index (χ1) is 9.13. The molecule has 102 valence electrons. The number of halogens is 3. The topological polar surface area (TPSA) is 12.0 Å². The molecule has 0 amide bonds. The molecule has 0 aliphatic rings. The lowest BCUT2D eigenvalue weighted by Gasteiger charge is -2.19. The standard InChI is InChI=1S/C14H14Cl2INS/c1-2-6-18-14(9-7-12(17)19-8-9)10-4-3-5-11(15)13(10)16/h3-5,7-8,14,18H,2,6H2,1H3. The van der Waals surface area contributed by atoms with Crippen molar-refractivity contribution in [2.24, 2.45) is 0 Å². The van der Waals surface area contributed by atoms with Gasteiger partial charge in [0.1, 0.15) is 0 Å². The summed E-state index contributed by atoms with van der Waals surface area (Å²) in [4.78, 5) is 0. The van der Waals surface area contributed by atoms with Crippen molar-refractivity contribution in [2.75, 3.05) is 6.54 Å². The Bertz CT molecular complexity index is 556. The summed E-state index contributed by atoms with van der Waals surface area (Å²) in [6.07, 6.45) is 1.08. The van der Waals surface area contributed by atoms with Crippen LogP contribution in [-0.2, 0) is 0 Å². The molecule has 1 N–H and O–H groups in total. The number of hydrogen-bond donors (Lipinski definition) is 1. The van der Waals surface area contributed by atoms with Crippen molar-refractivity contribution in [2.45, 2.75) is 19.4 Å². The van der Waals surface area contributed by atoms with E-state index in [2.05, 4.69) is 46.3 Å². The Labute approximate surface area is 141 Å². The van der Waals surface area contributed by atoms with Gasteiger partial charge in [-0.15, -0.1) is 11.3 Å². The van der Waals surface area contributed by atoms with Gasteiger partial charge >= 0.3 is 0 Å². The Hall–Kier alpha value is 0.190. The van der Waals surface area contributed by atoms with Gasteiger partial charge in [0.05, 0.1) is 19.0 Å². The highest BCUT2D eigenvalue weighted by atomic mass is 127. The van der Waals surface area contributed by atoms with E-state index in [0.717, 1.165) is 18.5 Å². The maximum atomic E-state index is 6.35. The van der Waals surface area contributed by atoms with Crippen LogP contribution in [0.15, 0.2) is 29.6 Å². The van der Waals surface area contributed by atoms with E-state index in [4.69, 9.17) is 23.2 Å². The predicted molar refractivity (Wildman–Crippen MR) is 93.6 cm³/mol. The molecule has 0 saturated heterocycles. The molecule has 1 aromatic heterocycles. The highest BCUT2D eigenvalue weighted by molar-refractivity contribution is 14.1. The SMILES string of the molecule is CCCNC(c1csc(I)c1)c1cccc(Cl)c1Cl. The molecule has 2 aromatic rings. The summed E-state index contributed by atoms with van der Waals surface area (Å²) in [6.45, 7) is 3.10. The minimum atomic E-state index is 0.103. The Balaban J connectivity index is 2.39. The smallest absolute Gasteiger partial charge is 0.0656 e. The quantitative estimate of drug-likeness (QED) is 0.601. The minimum absolute atomic E-state index is 0.103. The molecular weight excluding hydrogens is 412 g/mol. The summed E-state index contributed by atoms with van der Waals surface area (Å²) in [5, 5.41) is 6.96. The van der Waals surface area contributed by atoms with E-state index >= 15 is 0 Å². The van der Waals surface area contributed by atoms with E-state index in [1.165, 1.54) is 8.45 Å². The van der Waals surface area contributed by atoms with E-state index in [1.54, 1.807) is 11.3 Å².